The Hall–Kier alpha value is -0.710. The number of benzene rings is 2. The van der Waals surface area contributed by atoms with Gasteiger partial charge in [0.05, 0.1) is 11.3 Å². The number of anilines is 1. The average molecular weight is 695 g/mol. The molecule has 4 unspecified atom stereocenters. The maximum absolute atomic E-state index is 13.3. The summed E-state index contributed by atoms with van der Waals surface area (Å²) >= 11 is 21.4. The molecule has 2 aromatic rings. The molecule has 5 rings (SSSR count). The van der Waals surface area contributed by atoms with Gasteiger partial charge in [-0.05, 0) is 12.2 Å². The molecule has 10 heteroatoms. The van der Waals surface area contributed by atoms with E-state index in [0.717, 1.165) is 44.0 Å². The standard InChI is InChI=1S/C26H25Cl3IN2O2S2/c1-3-15(9-25-31-22-6-5-16(27)10-23(22)35-25)26-19(28)11-17(12-20(26)29)32-36(33,34)24-7-4-14(2)8-18(24)21-13-30-21/h4-8,10-12,15,21-23,32H,3,9,13H2,1-2H3/q-1. The topological polar surface area (TPSA) is 58.5 Å². The van der Waals surface area contributed by atoms with Crippen molar-refractivity contribution < 1.29 is 29.6 Å². The first-order valence-electron chi connectivity index (χ1n) is 11.6. The second-order valence-electron chi connectivity index (χ2n) is 9.09. The van der Waals surface area contributed by atoms with Crippen LogP contribution in [0.15, 0.2) is 63.5 Å². The van der Waals surface area contributed by atoms with E-state index >= 15 is 0 Å². The van der Waals surface area contributed by atoms with Crippen LogP contribution < -0.4 is 25.9 Å². The number of thioether (sulfide) groups is 1. The van der Waals surface area contributed by atoms with E-state index in [4.69, 9.17) is 39.8 Å². The second kappa shape index (κ2) is 10.8. The van der Waals surface area contributed by atoms with Crippen molar-refractivity contribution >= 4 is 67.3 Å². The number of fused-ring (bicyclic) bond motifs is 1. The van der Waals surface area contributed by atoms with Crippen molar-refractivity contribution in [3.8, 4) is 0 Å². The molecule has 36 heavy (non-hydrogen) atoms. The zero-order chi connectivity index (χ0) is 25.6. The number of allylic oxidation sites excluding steroid dienone is 2. The Morgan fingerprint density at radius 3 is 2.58 bits per heavy atom. The van der Waals surface area contributed by atoms with E-state index in [0.29, 0.717) is 24.6 Å². The summed E-state index contributed by atoms with van der Waals surface area (Å²) in [5, 5.41) is 2.92. The van der Waals surface area contributed by atoms with Crippen LogP contribution in [0.1, 0.15) is 46.3 Å². The fraction of sp³-hybridized carbons (Fsp3) is 0.346. The van der Waals surface area contributed by atoms with E-state index in [1.54, 1.807) is 30.0 Å². The molecule has 4 nitrogen and oxygen atoms in total. The van der Waals surface area contributed by atoms with Crippen LogP contribution >= 0.6 is 46.6 Å². The summed E-state index contributed by atoms with van der Waals surface area (Å²) in [7, 11) is -3.77. The molecule has 0 bridgehead atoms. The quantitative estimate of drug-likeness (QED) is 0.322. The molecular weight excluding hydrogens is 670 g/mol. The maximum atomic E-state index is 13.3. The van der Waals surface area contributed by atoms with E-state index in [1.165, 1.54) is 0 Å². The molecular formula is C26H25Cl3IN2O2S2-. The van der Waals surface area contributed by atoms with Crippen LogP contribution in [-0.4, -0.2) is 29.2 Å². The minimum atomic E-state index is -3.77. The fourth-order valence-corrected chi connectivity index (χ4v) is 10.2. The minimum absolute atomic E-state index is 0.0595. The van der Waals surface area contributed by atoms with Crippen LogP contribution in [0.4, 0.5) is 5.69 Å². The number of rotatable bonds is 8. The van der Waals surface area contributed by atoms with Gasteiger partial charge in [-0.1, -0.05) is 17.7 Å². The van der Waals surface area contributed by atoms with Crippen molar-refractivity contribution in [2.45, 2.75) is 52.7 Å². The summed E-state index contributed by atoms with van der Waals surface area (Å²) < 4.78 is 30.9. The third-order valence-electron chi connectivity index (χ3n) is 6.43. The second-order valence-corrected chi connectivity index (χ2v) is 16.5. The van der Waals surface area contributed by atoms with E-state index in [9.17, 15) is 8.42 Å². The number of nitrogens with one attached hydrogen (secondary N) is 1. The van der Waals surface area contributed by atoms with Gasteiger partial charge in [0.2, 0.25) is 0 Å². The summed E-state index contributed by atoms with van der Waals surface area (Å²) in [5.74, 6) is 0.0630. The van der Waals surface area contributed by atoms with E-state index < -0.39 is 10.0 Å². The van der Waals surface area contributed by atoms with Crippen molar-refractivity contribution in [3.05, 3.63) is 80.3 Å². The zero-order valence-electron chi connectivity index (χ0n) is 19.6. The number of sulfonamides is 1. The molecule has 0 spiro atoms. The summed E-state index contributed by atoms with van der Waals surface area (Å²) in [4.78, 5) is 5.21. The van der Waals surface area contributed by atoms with Gasteiger partial charge >= 0.3 is 181 Å². The van der Waals surface area contributed by atoms with Gasteiger partial charge < -0.3 is 0 Å². The molecule has 4 atom stereocenters. The Labute approximate surface area is 242 Å². The Bertz CT molecular complexity index is 1380. The monoisotopic (exact) mass is 693 g/mol. The molecule has 192 valence electrons. The van der Waals surface area contributed by atoms with Crippen LogP contribution in [0.2, 0.25) is 10.0 Å². The summed E-state index contributed by atoms with van der Waals surface area (Å²) in [6, 6.07) is 8.98. The predicted molar refractivity (Wildman–Crippen MR) is 149 cm³/mol. The normalized spacial score (nSPS) is 23.9. The van der Waals surface area contributed by atoms with Gasteiger partial charge in [0.25, 0.3) is 0 Å². The molecule has 1 fully saturated rings. The van der Waals surface area contributed by atoms with E-state index in [2.05, 4.69) is 11.6 Å². The number of hydrogen-bond donors (Lipinski definition) is 1. The van der Waals surface area contributed by atoms with Crippen molar-refractivity contribution in [2.24, 2.45) is 4.99 Å². The number of hydrogen-bond acceptors (Lipinski definition) is 4. The summed E-state index contributed by atoms with van der Waals surface area (Å²) in [5.41, 5.74) is 3.19. The Balaban J connectivity index is 1.37. The number of aryl methyl sites for hydroxylation is 1. The summed E-state index contributed by atoms with van der Waals surface area (Å²) in [6.45, 7) is 4.08. The zero-order valence-corrected chi connectivity index (χ0v) is 25.7. The van der Waals surface area contributed by atoms with Crippen LogP contribution in [0, 0.1) is 6.92 Å². The van der Waals surface area contributed by atoms with Gasteiger partial charge in [-0.2, -0.15) is 0 Å². The Morgan fingerprint density at radius 2 is 1.92 bits per heavy atom. The Morgan fingerprint density at radius 1 is 1.19 bits per heavy atom. The molecule has 0 radical (unpaired) electrons. The molecule has 2 heterocycles. The van der Waals surface area contributed by atoms with Crippen molar-refractivity contribution in [1.82, 2.24) is 0 Å². The molecule has 1 saturated heterocycles. The van der Waals surface area contributed by atoms with Crippen LogP contribution in [-0.2, 0) is 10.0 Å². The number of halogens is 4. The first-order chi connectivity index (χ1) is 17.1. The molecule has 0 saturated carbocycles. The van der Waals surface area contributed by atoms with Crippen LogP contribution in [0.5, 0.6) is 0 Å². The van der Waals surface area contributed by atoms with Gasteiger partial charge in [0.15, 0.2) is 0 Å². The molecule has 2 aliphatic heterocycles. The Kier molecular flexibility index (Phi) is 8.07. The number of aliphatic imine (C=N–C) groups is 1. The van der Waals surface area contributed by atoms with E-state index in [-0.39, 0.29) is 38.4 Å². The first-order valence-corrected chi connectivity index (χ1v) is 17.9. The third kappa shape index (κ3) is 5.81. The van der Waals surface area contributed by atoms with Crippen molar-refractivity contribution in [3.63, 3.8) is 0 Å². The van der Waals surface area contributed by atoms with Gasteiger partial charge in [-0.15, -0.1) is 11.8 Å². The van der Waals surface area contributed by atoms with Gasteiger partial charge in [0.1, 0.15) is 0 Å². The van der Waals surface area contributed by atoms with Crippen molar-refractivity contribution in [2.75, 3.05) is 9.15 Å². The van der Waals surface area contributed by atoms with Gasteiger partial charge in [-0.3, -0.25) is 4.99 Å². The molecule has 3 aliphatic rings. The third-order valence-corrected chi connectivity index (χ3v) is 12.4. The molecule has 2 aromatic carbocycles. The average Bonchev–Trinajstić information content (AvgIpc) is 3.57. The molecule has 0 amide bonds. The molecule has 1 aliphatic carbocycles. The van der Waals surface area contributed by atoms with Gasteiger partial charge in [0, 0.05) is 5.03 Å². The van der Waals surface area contributed by atoms with E-state index in [1.807, 2.05) is 37.3 Å². The summed E-state index contributed by atoms with van der Waals surface area (Å²) in [6.07, 6.45) is 7.52. The van der Waals surface area contributed by atoms with Gasteiger partial charge in [-0.25, -0.2) is 0 Å². The fourth-order valence-electron chi connectivity index (χ4n) is 4.56. The van der Waals surface area contributed by atoms with Crippen LogP contribution in [0.3, 0.4) is 0 Å². The first kappa shape index (κ1) is 26.9. The van der Waals surface area contributed by atoms with Crippen molar-refractivity contribution in [1.29, 1.82) is 0 Å². The molecule has 0 aromatic heterocycles. The number of alkyl halides is 2. The van der Waals surface area contributed by atoms with Crippen LogP contribution in [0.25, 0.3) is 0 Å². The SMILES string of the molecule is CCC(CC1=NC2C=CC(Cl)=CC2S1)c1c(Cl)cc(NS(=O)(=O)c2ccc(C)cc2C2C[I-]2)cc1Cl. The number of nitrogens with zero attached hydrogens (tertiary/aromatic N) is 1. The predicted octanol–water partition coefficient (Wildman–Crippen LogP) is 4.71. The molecule has 1 N–H and O–H groups in total.